The van der Waals surface area contributed by atoms with E-state index in [1.165, 1.54) is 37.4 Å². The van der Waals surface area contributed by atoms with Crippen molar-refractivity contribution in [2.45, 2.75) is 12.8 Å². The van der Waals surface area contributed by atoms with Gasteiger partial charge in [0.1, 0.15) is 0 Å². The van der Waals surface area contributed by atoms with E-state index in [4.69, 9.17) is 0 Å². The highest BCUT2D eigenvalue weighted by molar-refractivity contribution is 7.99. The molecule has 1 N–H and O–H groups in total. The maximum absolute atomic E-state index is 3.35. The van der Waals surface area contributed by atoms with Crippen LogP contribution in [0, 0.1) is 11.8 Å². The highest BCUT2D eigenvalue weighted by Crippen LogP contribution is 2.30. The minimum Gasteiger partial charge on any atom is -0.316 e. The zero-order valence-electron chi connectivity index (χ0n) is 6.31. The van der Waals surface area contributed by atoms with E-state index in [-0.39, 0.29) is 0 Å². The van der Waals surface area contributed by atoms with Gasteiger partial charge >= 0.3 is 0 Å². The lowest BCUT2D eigenvalue weighted by molar-refractivity contribution is 0.221. The Morgan fingerprint density at radius 1 is 1.00 bits per heavy atom. The van der Waals surface area contributed by atoms with E-state index >= 15 is 0 Å². The van der Waals surface area contributed by atoms with Gasteiger partial charge in [-0.15, -0.1) is 0 Å². The second-order valence-electron chi connectivity index (χ2n) is 3.37. The van der Waals surface area contributed by atoms with Gasteiger partial charge in [-0.2, -0.15) is 11.8 Å². The Morgan fingerprint density at radius 2 is 1.70 bits per heavy atom. The normalized spacial score (nSPS) is 30.0. The van der Waals surface area contributed by atoms with Gasteiger partial charge in [0.2, 0.25) is 0 Å². The summed E-state index contributed by atoms with van der Waals surface area (Å²) in [5.41, 5.74) is 0. The predicted octanol–water partition coefficient (Wildman–Crippen LogP) is 1.35. The van der Waals surface area contributed by atoms with Gasteiger partial charge in [-0.1, -0.05) is 0 Å². The quantitative estimate of drug-likeness (QED) is 0.616. The molecule has 2 heteroatoms. The fraction of sp³-hybridized carbons (Fsp3) is 1.00. The second-order valence-corrected chi connectivity index (χ2v) is 4.59. The summed E-state index contributed by atoms with van der Waals surface area (Å²) in [5, 5.41) is 3.35. The van der Waals surface area contributed by atoms with Crippen molar-refractivity contribution in [1.82, 2.24) is 5.32 Å². The van der Waals surface area contributed by atoms with Crippen LogP contribution < -0.4 is 5.32 Å². The number of rotatable bonds is 1. The first kappa shape index (κ1) is 6.99. The van der Waals surface area contributed by atoms with Crippen LogP contribution in [0.15, 0.2) is 0 Å². The maximum Gasteiger partial charge on any atom is -0.000558 e. The van der Waals surface area contributed by atoms with Gasteiger partial charge in [0, 0.05) is 0 Å². The molecule has 58 valence electrons. The molecule has 0 saturated carbocycles. The Labute approximate surface area is 67.0 Å². The molecule has 0 aromatic carbocycles. The van der Waals surface area contributed by atoms with Crippen LogP contribution in [0.1, 0.15) is 12.8 Å². The standard InChI is InChI=1S/C8H15NS/c1-3-10-4-2-7(1)8-5-9-6-8/h7-9H,1-6H2. The third-order valence-electron chi connectivity index (χ3n) is 2.75. The smallest absolute Gasteiger partial charge is 0.000558 e. The lowest BCUT2D eigenvalue weighted by atomic mass is 9.83. The SMILES string of the molecule is C1CC(C2CNC2)CCS1. The summed E-state index contributed by atoms with van der Waals surface area (Å²) >= 11 is 2.13. The molecule has 2 saturated heterocycles. The van der Waals surface area contributed by atoms with Crippen LogP contribution in [0.4, 0.5) is 0 Å². The van der Waals surface area contributed by atoms with Crippen molar-refractivity contribution in [3.05, 3.63) is 0 Å². The highest BCUT2D eigenvalue weighted by Gasteiger charge is 2.27. The van der Waals surface area contributed by atoms with Crippen LogP contribution in [0.25, 0.3) is 0 Å². The average molecular weight is 157 g/mol. The largest absolute Gasteiger partial charge is 0.316 e. The average Bonchev–Trinajstić information content (AvgIpc) is 1.86. The van der Waals surface area contributed by atoms with E-state index in [9.17, 15) is 0 Å². The van der Waals surface area contributed by atoms with E-state index < -0.39 is 0 Å². The first-order valence-corrected chi connectivity index (χ1v) is 5.41. The van der Waals surface area contributed by atoms with E-state index in [1.54, 1.807) is 0 Å². The van der Waals surface area contributed by atoms with Crippen LogP contribution in [-0.2, 0) is 0 Å². The lowest BCUT2D eigenvalue weighted by Crippen LogP contribution is -2.46. The molecule has 0 radical (unpaired) electrons. The number of hydrogen-bond acceptors (Lipinski definition) is 2. The van der Waals surface area contributed by atoms with Crippen molar-refractivity contribution in [3.63, 3.8) is 0 Å². The molecule has 0 spiro atoms. The van der Waals surface area contributed by atoms with Crippen molar-refractivity contribution in [2.24, 2.45) is 11.8 Å². The topological polar surface area (TPSA) is 12.0 Å². The molecule has 0 aromatic heterocycles. The minimum absolute atomic E-state index is 1.04. The molecule has 2 aliphatic heterocycles. The van der Waals surface area contributed by atoms with Crippen LogP contribution in [-0.4, -0.2) is 24.6 Å². The monoisotopic (exact) mass is 157 g/mol. The van der Waals surface area contributed by atoms with Gasteiger partial charge in [-0.05, 0) is 49.3 Å². The number of nitrogens with one attached hydrogen (secondary N) is 1. The van der Waals surface area contributed by atoms with E-state index in [2.05, 4.69) is 17.1 Å². The molecule has 2 fully saturated rings. The molecule has 0 amide bonds. The molecule has 2 aliphatic rings. The van der Waals surface area contributed by atoms with Crippen LogP contribution in [0.5, 0.6) is 0 Å². The molecular formula is C8H15NS. The first-order chi connectivity index (χ1) is 4.97. The van der Waals surface area contributed by atoms with E-state index in [1.807, 2.05) is 0 Å². The van der Waals surface area contributed by atoms with Crippen molar-refractivity contribution < 1.29 is 0 Å². The third-order valence-corrected chi connectivity index (χ3v) is 3.79. The third kappa shape index (κ3) is 1.32. The van der Waals surface area contributed by atoms with Gasteiger partial charge in [0.15, 0.2) is 0 Å². The summed E-state index contributed by atoms with van der Waals surface area (Å²) in [4.78, 5) is 0. The molecule has 0 unspecified atom stereocenters. The molecule has 0 aromatic rings. The van der Waals surface area contributed by atoms with Gasteiger partial charge in [0.05, 0.1) is 0 Å². The molecule has 2 heterocycles. The summed E-state index contributed by atoms with van der Waals surface area (Å²) < 4.78 is 0. The number of hydrogen-bond donors (Lipinski definition) is 1. The van der Waals surface area contributed by atoms with Crippen LogP contribution in [0.3, 0.4) is 0 Å². The fourth-order valence-corrected chi connectivity index (χ4v) is 2.97. The summed E-state index contributed by atoms with van der Waals surface area (Å²) in [6.45, 7) is 2.60. The second kappa shape index (κ2) is 3.14. The van der Waals surface area contributed by atoms with Crippen molar-refractivity contribution >= 4 is 11.8 Å². The molecular weight excluding hydrogens is 142 g/mol. The summed E-state index contributed by atoms with van der Waals surface area (Å²) in [5.74, 6) is 4.95. The lowest BCUT2D eigenvalue weighted by Gasteiger charge is -2.36. The van der Waals surface area contributed by atoms with Crippen molar-refractivity contribution in [2.75, 3.05) is 24.6 Å². The zero-order valence-corrected chi connectivity index (χ0v) is 7.12. The maximum atomic E-state index is 3.35. The first-order valence-electron chi connectivity index (χ1n) is 4.25. The number of thioether (sulfide) groups is 1. The van der Waals surface area contributed by atoms with Gasteiger partial charge in [-0.3, -0.25) is 0 Å². The molecule has 0 aliphatic carbocycles. The molecule has 10 heavy (non-hydrogen) atoms. The van der Waals surface area contributed by atoms with Crippen LogP contribution in [0.2, 0.25) is 0 Å². The van der Waals surface area contributed by atoms with E-state index in [0.29, 0.717) is 0 Å². The highest BCUT2D eigenvalue weighted by atomic mass is 32.2. The summed E-state index contributed by atoms with van der Waals surface area (Å²) in [7, 11) is 0. The van der Waals surface area contributed by atoms with E-state index in [0.717, 1.165) is 11.8 Å². The molecule has 1 nitrogen and oxygen atoms in total. The Bertz CT molecular complexity index is 106. The molecule has 0 bridgehead atoms. The Morgan fingerprint density at radius 3 is 2.20 bits per heavy atom. The fourth-order valence-electron chi connectivity index (χ4n) is 1.83. The van der Waals surface area contributed by atoms with Gasteiger partial charge in [0.25, 0.3) is 0 Å². The van der Waals surface area contributed by atoms with Crippen molar-refractivity contribution in [3.8, 4) is 0 Å². The summed E-state index contributed by atoms with van der Waals surface area (Å²) in [6, 6.07) is 0. The summed E-state index contributed by atoms with van der Waals surface area (Å²) in [6.07, 6.45) is 2.97. The molecule has 2 rings (SSSR count). The Kier molecular flexibility index (Phi) is 2.19. The van der Waals surface area contributed by atoms with Gasteiger partial charge in [-0.25, -0.2) is 0 Å². The predicted molar refractivity (Wildman–Crippen MR) is 46.4 cm³/mol. The van der Waals surface area contributed by atoms with Gasteiger partial charge < -0.3 is 5.32 Å². The Hall–Kier alpha value is 0.310. The Balaban J connectivity index is 1.78. The zero-order chi connectivity index (χ0) is 6.81. The van der Waals surface area contributed by atoms with Crippen molar-refractivity contribution in [1.29, 1.82) is 0 Å². The molecule has 0 atom stereocenters. The van der Waals surface area contributed by atoms with Crippen LogP contribution >= 0.6 is 11.8 Å². The minimum atomic E-state index is 1.04.